The lowest BCUT2D eigenvalue weighted by atomic mass is 10.1. The number of nitrogens with two attached hydrogens (primary N) is 1. The monoisotopic (exact) mass is 336 g/mol. The summed E-state index contributed by atoms with van der Waals surface area (Å²) in [5.74, 6) is -0.554. The van der Waals surface area contributed by atoms with E-state index in [4.69, 9.17) is 5.73 Å². The molecule has 0 heterocycles. The summed E-state index contributed by atoms with van der Waals surface area (Å²) in [5.41, 5.74) is 7.46. The highest BCUT2D eigenvalue weighted by Gasteiger charge is 2.12. The second-order valence-electron chi connectivity index (χ2n) is 4.49. The van der Waals surface area contributed by atoms with Crippen molar-refractivity contribution in [3.63, 3.8) is 0 Å². The fourth-order valence-electron chi connectivity index (χ4n) is 1.81. The zero-order valence-corrected chi connectivity index (χ0v) is 12.4. The van der Waals surface area contributed by atoms with Crippen molar-refractivity contribution in [2.75, 3.05) is 5.73 Å². The van der Waals surface area contributed by atoms with Crippen LogP contribution >= 0.6 is 15.9 Å². The van der Waals surface area contributed by atoms with Crippen LogP contribution in [0.3, 0.4) is 0 Å². The molecule has 0 fully saturated rings. The molecule has 2 aromatic rings. The van der Waals surface area contributed by atoms with Crippen LogP contribution in [0.2, 0.25) is 0 Å². The molecule has 0 radical (unpaired) electrons. The Morgan fingerprint density at radius 2 is 2.05 bits per heavy atom. The van der Waals surface area contributed by atoms with Crippen molar-refractivity contribution >= 4 is 27.5 Å². The molecular formula is C15H14BrFN2O. The van der Waals surface area contributed by atoms with Gasteiger partial charge in [0.25, 0.3) is 5.91 Å². The van der Waals surface area contributed by atoms with E-state index < -0.39 is 0 Å². The second kappa shape index (κ2) is 6.05. The standard InChI is InChI=1S/C15H14BrFN2O/c1-9(10-3-2-4-12(17)7-10)19-15(20)11-5-6-14(18)13(16)8-11/h2-9H,18H2,1H3,(H,19,20)/t9-/m0/s1. The molecule has 0 saturated heterocycles. The SMILES string of the molecule is C[C@H](NC(=O)c1ccc(N)c(Br)c1)c1cccc(F)c1. The number of halogens is 2. The van der Waals surface area contributed by atoms with Gasteiger partial charge in [0.15, 0.2) is 0 Å². The van der Waals surface area contributed by atoms with Gasteiger partial charge in [0.1, 0.15) is 5.82 Å². The molecule has 5 heteroatoms. The summed E-state index contributed by atoms with van der Waals surface area (Å²) in [6.45, 7) is 1.80. The summed E-state index contributed by atoms with van der Waals surface area (Å²) in [6, 6.07) is 10.8. The average molecular weight is 337 g/mol. The number of nitrogens with one attached hydrogen (secondary N) is 1. The number of benzene rings is 2. The van der Waals surface area contributed by atoms with Crippen molar-refractivity contribution in [3.05, 3.63) is 63.9 Å². The van der Waals surface area contributed by atoms with Gasteiger partial charge in [-0.15, -0.1) is 0 Å². The van der Waals surface area contributed by atoms with Crippen molar-refractivity contribution < 1.29 is 9.18 Å². The second-order valence-corrected chi connectivity index (χ2v) is 5.34. The van der Waals surface area contributed by atoms with Crippen molar-refractivity contribution in [2.24, 2.45) is 0 Å². The van der Waals surface area contributed by atoms with Crippen LogP contribution in [0, 0.1) is 5.82 Å². The summed E-state index contributed by atoms with van der Waals surface area (Å²) in [6.07, 6.45) is 0. The molecule has 0 bridgehead atoms. The van der Waals surface area contributed by atoms with Crippen LogP contribution in [0.1, 0.15) is 28.9 Å². The Morgan fingerprint density at radius 1 is 1.30 bits per heavy atom. The predicted molar refractivity (Wildman–Crippen MR) is 80.8 cm³/mol. The van der Waals surface area contributed by atoms with E-state index in [1.165, 1.54) is 12.1 Å². The first-order valence-corrected chi connectivity index (χ1v) is 6.88. The van der Waals surface area contributed by atoms with E-state index in [1.54, 1.807) is 37.3 Å². The number of nitrogen functional groups attached to an aromatic ring is 1. The Labute approximate surface area is 125 Å². The average Bonchev–Trinajstić information content (AvgIpc) is 2.41. The molecule has 3 N–H and O–H groups in total. The van der Waals surface area contributed by atoms with Gasteiger partial charge in [-0.05, 0) is 58.7 Å². The maximum absolute atomic E-state index is 13.2. The number of hydrogen-bond donors (Lipinski definition) is 2. The van der Waals surface area contributed by atoms with Crippen molar-refractivity contribution in [2.45, 2.75) is 13.0 Å². The van der Waals surface area contributed by atoms with Crippen LogP contribution in [0.4, 0.5) is 10.1 Å². The summed E-state index contributed by atoms with van der Waals surface area (Å²) in [7, 11) is 0. The van der Waals surface area contributed by atoms with Gasteiger partial charge in [-0.25, -0.2) is 4.39 Å². The van der Waals surface area contributed by atoms with E-state index in [9.17, 15) is 9.18 Å². The molecule has 3 nitrogen and oxygen atoms in total. The van der Waals surface area contributed by atoms with Crippen LogP contribution in [-0.4, -0.2) is 5.91 Å². The first-order chi connectivity index (χ1) is 9.47. The van der Waals surface area contributed by atoms with E-state index in [2.05, 4.69) is 21.2 Å². The molecule has 20 heavy (non-hydrogen) atoms. The quantitative estimate of drug-likeness (QED) is 0.840. The zero-order chi connectivity index (χ0) is 14.7. The summed E-state index contributed by atoms with van der Waals surface area (Å²) >= 11 is 3.28. The number of hydrogen-bond acceptors (Lipinski definition) is 2. The molecule has 104 valence electrons. The van der Waals surface area contributed by atoms with Crippen molar-refractivity contribution in [1.29, 1.82) is 0 Å². The van der Waals surface area contributed by atoms with E-state index in [0.29, 0.717) is 21.3 Å². The third kappa shape index (κ3) is 3.36. The number of anilines is 1. The Hall–Kier alpha value is -1.88. The molecule has 2 rings (SSSR count). The fourth-order valence-corrected chi connectivity index (χ4v) is 2.19. The molecule has 0 unspecified atom stereocenters. The molecule has 1 atom stereocenters. The number of rotatable bonds is 3. The van der Waals surface area contributed by atoms with E-state index >= 15 is 0 Å². The molecule has 0 aliphatic heterocycles. The largest absolute Gasteiger partial charge is 0.398 e. The highest BCUT2D eigenvalue weighted by Crippen LogP contribution is 2.21. The zero-order valence-electron chi connectivity index (χ0n) is 10.9. The first-order valence-electron chi connectivity index (χ1n) is 6.08. The van der Waals surface area contributed by atoms with E-state index in [-0.39, 0.29) is 17.8 Å². The van der Waals surface area contributed by atoms with Crippen LogP contribution in [-0.2, 0) is 0 Å². The Kier molecular flexibility index (Phi) is 4.39. The third-order valence-corrected chi connectivity index (χ3v) is 3.65. The summed E-state index contributed by atoms with van der Waals surface area (Å²) in [4.78, 5) is 12.1. The van der Waals surface area contributed by atoms with Crippen LogP contribution in [0.25, 0.3) is 0 Å². The molecule has 0 spiro atoms. The highest BCUT2D eigenvalue weighted by atomic mass is 79.9. The molecule has 2 aromatic carbocycles. The molecule has 0 saturated carbocycles. The lowest BCUT2D eigenvalue weighted by molar-refractivity contribution is 0.0940. The van der Waals surface area contributed by atoms with Crippen LogP contribution < -0.4 is 11.1 Å². The molecular weight excluding hydrogens is 323 g/mol. The van der Waals surface area contributed by atoms with E-state index in [1.807, 2.05) is 0 Å². The van der Waals surface area contributed by atoms with Gasteiger partial charge >= 0.3 is 0 Å². The van der Waals surface area contributed by atoms with E-state index in [0.717, 1.165) is 0 Å². The maximum Gasteiger partial charge on any atom is 0.251 e. The van der Waals surface area contributed by atoms with Gasteiger partial charge in [0.2, 0.25) is 0 Å². The minimum atomic E-state index is -0.321. The lowest BCUT2D eigenvalue weighted by Crippen LogP contribution is -2.26. The van der Waals surface area contributed by atoms with Gasteiger partial charge in [-0.2, -0.15) is 0 Å². The fraction of sp³-hybridized carbons (Fsp3) is 0.133. The maximum atomic E-state index is 13.2. The Morgan fingerprint density at radius 3 is 2.70 bits per heavy atom. The van der Waals surface area contributed by atoms with Crippen molar-refractivity contribution in [1.82, 2.24) is 5.32 Å². The summed E-state index contributed by atoms with van der Waals surface area (Å²) in [5, 5.41) is 2.82. The van der Waals surface area contributed by atoms with Crippen molar-refractivity contribution in [3.8, 4) is 0 Å². The van der Waals surface area contributed by atoms with Crippen LogP contribution in [0.15, 0.2) is 46.9 Å². The predicted octanol–water partition coefficient (Wildman–Crippen LogP) is 3.66. The number of amides is 1. The van der Waals surface area contributed by atoms with Gasteiger partial charge in [0.05, 0.1) is 6.04 Å². The minimum Gasteiger partial charge on any atom is -0.398 e. The van der Waals surface area contributed by atoms with Gasteiger partial charge in [0, 0.05) is 15.7 Å². The molecule has 0 aromatic heterocycles. The molecule has 1 amide bonds. The van der Waals surface area contributed by atoms with Crippen LogP contribution in [0.5, 0.6) is 0 Å². The Balaban J connectivity index is 2.13. The first kappa shape index (κ1) is 14.5. The minimum absolute atomic E-state index is 0.234. The van der Waals surface area contributed by atoms with Gasteiger partial charge < -0.3 is 11.1 Å². The summed E-state index contributed by atoms with van der Waals surface area (Å²) < 4.78 is 13.8. The van der Waals surface area contributed by atoms with Gasteiger partial charge in [-0.3, -0.25) is 4.79 Å². The molecule has 0 aliphatic carbocycles. The highest BCUT2D eigenvalue weighted by molar-refractivity contribution is 9.10. The number of carbonyl (C=O) groups excluding carboxylic acids is 1. The Bertz CT molecular complexity index is 646. The smallest absolute Gasteiger partial charge is 0.251 e. The molecule has 0 aliphatic rings. The topological polar surface area (TPSA) is 55.1 Å². The van der Waals surface area contributed by atoms with Gasteiger partial charge in [-0.1, -0.05) is 12.1 Å². The lowest BCUT2D eigenvalue weighted by Gasteiger charge is -2.14. The third-order valence-electron chi connectivity index (χ3n) is 2.96. The number of carbonyl (C=O) groups is 1. The normalized spacial score (nSPS) is 11.9.